The molecule has 3 aliphatic carbocycles. The molecule has 0 amide bonds. The molecule has 0 aromatic carbocycles. The molecule has 3 rings (SSSR count). The molecule has 0 aromatic rings. The molecule has 0 bridgehead atoms. The molecule has 0 aromatic heterocycles. The normalized spacial score (nSPS) is 26.0. The van der Waals surface area contributed by atoms with Crippen molar-refractivity contribution in [2.24, 2.45) is 0 Å². The summed E-state index contributed by atoms with van der Waals surface area (Å²) in [6.07, 6.45) is 16.1. The molecule has 0 radical (unpaired) electrons. The Morgan fingerprint density at radius 2 is 0.789 bits per heavy atom. The standard InChI is InChI=1S/C18H26O/c19-18-12-10-17(11-13-18)16-8-6-15(7-9-16)14-4-2-1-3-5-14/h1-13H2. The van der Waals surface area contributed by atoms with Crippen LogP contribution >= 0.6 is 0 Å². The highest BCUT2D eigenvalue weighted by Crippen LogP contribution is 2.38. The van der Waals surface area contributed by atoms with Gasteiger partial charge in [-0.1, -0.05) is 28.7 Å². The fourth-order valence-electron chi connectivity index (χ4n) is 4.08. The van der Waals surface area contributed by atoms with Crippen molar-refractivity contribution in [2.45, 2.75) is 83.5 Å². The Balaban J connectivity index is 1.62. The second-order valence-corrected chi connectivity index (χ2v) is 6.51. The highest BCUT2D eigenvalue weighted by Gasteiger charge is 2.20. The Morgan fingerprint density at radius 1 is 0.421 bits per heavy atom. The average molecular weight is 258 g/mol. The molecule has 104 valence electrons. The van der Waals surface area contributed by atoms with Crippen LogP contribution in [0.1, 0.15) is 83.5 Å². The lowest BCUT2D eigenvalue weighted by Crippen LogP contribution is -2.11. The number of Topliss-reactive ketones (excluding diaryl/α,β-unsaturated/α-hetero) is 1. The van der Waals surface area contributed by atoms with Crippen molar-refractivity contribution in [2.75, 3.05) is 0 Å². The molecule has 0 unspecified atom stereocenters. The number of allylic oxidation sites excluding steroid dienone is 4. The molecule has 1 nitrogen and oxygen atoms in total. The van der Waals surface area contributed by atoms with Crippen LogP contribution in [0.5, 0.6) is 0 Å². The summed E-state index contributed by atoms with van der Waals surface area (Å²) in [5.74, 6) is 0.477. The van der Waals surface area contributed by atoms with Crippen molar-refractivity contribution in [3.05, 3.63) is 22.3 Å². The van der Waals surface area contributed by atoms with E-state index in [0.29, 0.717) is 5.78 Å². The lowest BCUT2D eigenvalue weighted by Gasteiger charge is -2.27. The summed E-state index contributed by atoms with van der Waals surface area (Å²) in [6, 6.07) is 0. The van der Waals surface area contributed by atoms with Crippen LogP contribution in [0.4, 0.5) is 0 Å². The minimum atomic E-state index is 0.477. The fourth-order valence-corrected chi connectivity index (χ4v) is 4.08. The van der Waals surface area contributed by atoms with E-state index in [0.717, 1.165) is 25.7 Å². The quantitative estimate of drug-likeness (QED) is 0.542. The van der Waals surface area contributed by atoms with Gasteiger partial charge in [0.15, 0.2) is 0 Å². The Bertz CT molecular complexity index is 393. The zero-order valence-corrected chi connectivity index (χ0v) is 12.1. The predicted octanol–water partition coefficient (Wildman–Crippen LogP) is 5.26. The minimum Gasteiger partial charge on any atom is -0.300 e. The van der Waals surface area contributed by atoms with Gasteiger partial charge in [-0.15, -0.1) is 0 Å². The number of ketones is 1. The van der Waals surface area contributed by atoms with Gasteiger partial charge in [0, 0.05) is 12.8 Å². The van der Waals surface area contributed by atoms with Gasteiger partial charge >= 0.3 is 0 Å². The summed E-state index contributed by atoms with van der Waals surface area (Å²) in [5, 5.41) is 0. The van der Waals surface area contributed by atoms with Gasteiger partial charge in [-0.05, 0) is 64.2 Å². The lowest BCUT2D eigenvalue weighted by molar-refractivity contribution is -0.119. The van der Waals surface area contributed by atoms with Gasteiger partial charge in [0.05, 0.1) is 0 Å². The van der Waals surface area contributed by atoms with Gasteiger partial charge in [0.2, 0.25) is 0 Å². The lowest BCUT2D eigenvalue weighted by atomic mass is 9.79. The van der Waals surface area contributed by atoms with E-state index in [1.54, 1.807) is 16.7 Å². The third kappa shape index (κ3) is 3.19. The average Bonchev–Trinajstić information content (AvgIpc) is 2.49. The number of hydrogen-bond acceptors (Lipinski definition) is 1. The third-order valence-electron chi connectivity index (χ3n) is 5.33. The van der Waals surface area contributed by atoms with Gasteiger partial charge in [0.25, 0.3) is 0 Å². The summed E-state index contributed by atoms with van der Waals surface area (Å²) in [5.41, 5.74) is 6.98. The molecule has 3 aliphatic rings. The number of carbonyl (C=O) groups is 1. The molecule has 19 heavy (non-hydrogen) atoms. The molecule has 1 heteroatoms. The van der Waals surface area contributed by atoms with Crippen molar-refractivity contribution in [3.63, 3.8) is 0 Å². The second-order valence-electron chi connectivity index (χ2n) is 6.51. The van der Waals surface area contributed by atoms with Crippen molar-refractivity contribution in [1.29, 1.82) is 0 Å². The molecule has 0 saturated heterocycles. The first-order valence-corrected chi connectivity index (χ1v) is 8.24. The first kappa shape index (κ1) is 13.1. The third-order valence-corrected chi connectivity index (χ3v) is 5.33. The Hall–Kier alpha value is -0.850. The summed E-state index contributed by atoms with van der Waals surface area (Å²) < 4.78 is 0. The summed E-state index contributed by atoms with van der Waals surface area (Å²) in [6.45, 7) is 0. The van der Waals surface area contributed by atoms with Gasteiger partial charge in [-0.3, -0.25) is 4.79 Å². The van der Waals surface area contributed by atoms with E-state index in [4.69, 9.17) is 0 Å². The van der Waals surface area contributed by atoms with Crippen molar-refractivity contribution in [1.82, 2.24) is 0 Å². The molecule has 3 fully saturated rings. The Labute approximate surface area is 117 Å². The van der Waals surface area contributed by atoms with E-state index in [1.165, 1.54) is 57.8 Å². The van der Waals surface area contributed by atoms with Crippen LogP contribution in [0, 0.1) is 0 Å². The van der Waals surface area contributed by atoms with E-state index in [-0.39, 0.29) is 0 Å². The fraction of sp³-hybridized carbons (Fsp3) is 0.722. The van der Waals surface area contributed by atoms with Crippen molar-refractivity contribution >= 4 is 5.78 Å². The maximum absolute atomic E-state index is 11.3. The highest BCUT2D eigenvalue weighted by atomic mass is 16.1. The molecule has 0 atom stereocenters. The largest absolute Gasteiger partial charge is 0.300 e. The van der Waals surface area contributed by atoms with E-state index in [9.17, 15) is 4.79 Å². The van der Waals surface area contributed by atoms with E-state index in [2.05, 4.69) is 0 Å². The summed E-state index contributed by atoms with van der Waals surface area (Å²) >= 11 is 0. The van der Waals surface area contributed by atoms with Crippen molar-refractivity contribution in [3.8, 4) is 0 Å². The van der Waals surface area contributed by atoms with E-state index < -0.39 is 0 Å². The zero-order chi connectivity index (χ0) is 13.1. The maximum Gasteiger partial charge on any atom is 0.133 e. The van der Waals surface area contributed by atoms with Crippen LogP contribution in [-0.2, 0) is 4.79 Å². The Morgan fingerprint density at radius 3 is 1.26 bits per heavy atom. The summed E-state index contributed by atoms with van der Waals surface area (Å²) in [7, 11) is 0. The van der Waals surface area contributed by atoms with E-state index in [1.807, 2.05) is 5.57 Å². The smallest absolute Gasteiger partial charge is 0.133 e. The molecule has 0 spiro atoms. The van der Waals surface area contributed by atoms with Gasteiger partial charge in [0.1, 0.15) is 5.78 Å². The molecule has 0 heterocycles. The zero-order valence-electron chi connectivity index (χ0n) is 12.1. The Kier molecular flexibility index (Phi) is 4.20. The molecular formula is C18H26O. The molecule has 0 N–H and O–H groups in total. The van der Waals surface area contributed by atoms with Crippen molar-refractivity contribution < 1.29 is 4.79 Å². The predicted molar refractivity (Wildman–Crippen MR) is 79.1 cm³/mol. The molecular weight excluding hydrogens is 232 g/mol. The topological polar surface area (TPSA) is 17.1 Å². The monoisotopic (exact) mass is 258 g/mol. The first-order chi connectivity index (χ1) is 9.33. The molecule has 0 aliphatic heterocycles. The summed E-state index contributed by atoms with van der Waals surface area (Å²) in [4.78, 5) is 11.3. The van der Waals surface area contributed by atoms with Crippen LogP contribution in [-0.4, -0.2) is 5.78 Å². The second kappa shape index (κ2) is 6.07. The van der Waals surface area contributed by atoms with Crippen LogP contribution < -0.4 is 0 Å². The number of carbonyl (C=O) groups excluding carboxylic acids is 1. The number of hydrogen-bond donors (Lipinski definition) is 0. The number of rotatable bonds is 0. The van der Waals surface area contributed by atoms with Gasteiger partial charge in [-0.25, -0.2) is 0 Å². The van der Waals surface area contributed by atoms with Crippen LogP contribution in [0.25, 0.3) is 0 Å². The highest BCUT2D eigenvalue weighted by molar-refractivity contribution is 5.80. The molecule has 3 saturated carbocycles. The van der Waals surface area contributed by atoms with Crippen LogP contribution in [0.2, 0.25) is 0 Å². The van der Waals surface area contributed by atoms with Gasteiger partial charge < -0.3 is 0 Å². The van der Waals surface area contributed by atoms with Gasteiger partial charge in [-0.2, -0.15) is 0 Å². The van der Waals surface area contributed by atoms with E-state index >= 15 is 0 Å². The first-order valence-electron chi connectivity index (χ1n) is 8.24. The van der Waals surface area contributed by atoms with Crippen LogP contribution in [0.3, 0.4) is 0 Å². The van der Waals surface area contributed by atoms with Crippen LogP contribution in [0.15, 0.2) is 22.3 Å². The SMILES string of the molecule is O=C1CCC(=C2CCC(=C3CCCCC3)CC2)CC1. The minimum absolute atomic E-state index is 0.477. The maximum atomic E-state index is 11.3.